The highest BCUT2D eigenvalue weighted by Gasteiger charge is 2.37. The zero-order chi connectivity index (χ0) is 11.9. The summed E-state index contributed by atoms with van der Waals surface area (Å²) in [6.07, 6.45) is 2.16. The van der Waals surface area contributed by atoms with Crippen LogP contribution in [0.4, 0.5) is 5.00 Å². The summed E-state index contributed by atoms with van der Waals surface area (Å²) >= 11 is 1.58. The second kappa shape index (κ2) is 3.77. The minimum absolute atomic E-state index is 0.0209. The number of carbonyl (C=O) groups excluding carboxylic acids is 1. The van der Waals surface area contributed by atoms with Crippen molar-refractivity contribution < 1.29 is 4.79 Å². The maximum absolute atomic E-state index is 12.0. The van der Waals surface area contributed by atoms with Crippen LogP contribution in [-0.4, -0.2) is 12.5 Å². The molecule has 0 radical (unpaired) electrons. The molecule has 1 aromatic rings. The Kier molecular flexibility index (Phi) is 2.70. The Labute approximate surface area is 100 Å². The number of hydrogen-bond acceptors (Lipinski definition) is 3. The van der Waals surface area contributed by atoms with Crippen molar-refractivity contribution in [2.24, 2.45) is 0 Å². The van der Waals surface area contributed by atoms with Gasteiger partial charge in [0.05, 0.1) is 10.6 Å². The lowest BCUT2D eigenvalue weighted by molar-refractivity contribution is 0.0955. The fraction of sp³-hybridized carbons (Fsp3) is 0.583. The highest BCUT2D eigenvalue weighted by molar-refractivity contribution is 7.16. The molecule has 0 fully saturated rings. The predicted molar refractivity (Wildman–Crippen MR) is 68.1 cm³/mol. The SMILES string of the molecule is CCNC(=O)c1c(N)sc2c1C(C)(C)CC2. The molecule has 1 aromatic heterocycles. The van der Waals surface area contributed by atoms with Crippen molar-refractivity contribution in [3.63, 3.8) is 0 Å². The zero-order valence-corrected chi connectivity index (χ0v) is 10.8. The molecule has 3 N–H and O–H groups in total. The summed E-state index contributed by atoms with van der Waals surface area (Å²) in [7, 11) is 0. The second-order valence-electron chi connectivity index (χ2n) is 4.88. The lowest BCUT2D eigenvalue weighted by Gasteiger charge is -2.19. The van der Waals surface area contributed by atoms with Crippen LogP contribution in [0.15, 0.2) is 0 Å². The molecule has 1 aliphatic carbocycles. The third-order valence-corrected chi connectivity index (χ3v) is 4.31. The molecular weight excluding hydrogens is 220 g/mol. The van der Waals surface area contributed by atoms with E-state index in [1.165, 1.54) is 10.4 Å². The van der Waals surface area contributed by atoms with Gasteiger partial charge in [0, 0.05) is 11.4 Å². The van der Waals surface area contributed by atoms with Crippen molar-refractivity contribution >= 4 is 22.2 Å². The fourth-order valence-electron chi connectivity index (χ4n) is 2.41. The number of nitrogens with two attached hydrogens (primary N) is 1. The molecule has 0 saturated carbocycles. The summed E-state index contributed by atoms with van der Waals surface area (Å²) in [6.45, 7) is 6.94. The standard InChI is InChI=1S/C12H18N2OS/c1-4-14-11(15)8-9-7(16-10(8)13)5-6-12(9,2)3/h4-6,13H2,1-3H3,(H,14,15). The van der Waals surface area contributed by atoms with Crippen molar-refractivity contribution in [1.82, 2.24) is 5.32 Å². The molecule has 0 unspecified atom stereocenters. The monoisotopic (exact) mass is 238 g/mol. The number of rotatable bonds is 2. The Morgan fingerprint density at radius 1 is 1.56 bits per heavy atom. The molecule has 0 aromatic carbocycles. The first-order chi connectivity index (χ1) is 7.47. The Morgan fingerprint density at radius 3 is 2.88 bits per heavy atom. The van der Waals surface area contributed by atoms with Gasteiger partial charge in [-0.05, 0) is 30.7 Å². The fourth-order valence-corrected chi connectivity index (χ4v) is 3.66. The Hall–Kier alpha value is -1.03. The predicted octanol–water partition coefficient (Wildman–Crippen LogP) is 2.30. The van der Waals surface area contributed by atoms with E-state index in [1.54, 1.807) is 11.3 Å². The minimum atomic E-state index is -0.0209. The third-order valence-electron chi connectivity index (χ3n) is 3.23. The molecule has 0 bridgehead atoms. The van der Waals surface area contributed by atoms with E-state index in [4.69, 9.17) is 5.73 Å². The number of nitrogens with one attached hydrogen (secondary N) is 1. The van der Waals surface area contributed by atoms with Crippen LogP contribution in [0.1, 0.15) is 48.0 Å². The molecule has 1 heterocycles. The van der Waals surface area contributed by atoms with Crippen LogP contribution in [0.3, 0.4) is 0 Å². The number of fused-ring (bicyclic) bond motifs is 1. The van der Waals surface area contributed by atoms with E-state index >= 15 is 0 Å². The Bertz CT molecular complexity index is 434. The van der Waals surface area contributed by atoms with Gasteiger partial charge in [0.25, 0.3) is 5.91 Å². The van der Waals surface area contributed by atoms with E-state index in [0.717, 1.165) is 18.4 Å². The van der Waals surface area contributed by atoms with Crippen molar-refractivity contribution in [2.45, 2.75) is 39.0 Å². The molecule has 1 amide bonds. The summed E-state index contributed by atoms with van der Waals surface area (Å²) in [5.41, 5.74) is 7.96. The number of carbonyl (C=O) groups is 1. The van der Waals surface area contributed by atoms with E-state index in [1.807, 2.05) is 6.92 Å². The summed E-state index contributed by atoms with van der Waals surface area (Å²) < 4.78 is 0. The molecule has 0 saturated heterocycles. The first kappa shape index (κ1) is 11.5. The summed E-state index contributed by atoms with van der Waals surface area (Å²) in [6, 6.07) is 0. The topological polar surface area (TPSA) is 55.1 Å². The summed E-state index contributed by atoms with van der Waals surface area (Å²) in [5.74, 6) is -0.0209. The smallest absolute Gasteiger partial charge is 0.254 e. The van der Waals surface area contributed by atoms with E-state index in [9.17, 15) is 4.79 Å². The summed E-state index contributed by atoms with van der Waals surface area (Å²) in [4.78, 5) is 13.3. The quantitative estimate of drug-likeness (QED) is 0.830. The van der Waals surface area contributed by atoms with Gasteiger partial charge in [-0.1, -0.05) is 13.8 Å². The highest BCUT2D eigenvalue weighted by Crippen LogP contribution is 2.46. The number of anilines is 1. The number of thiophene rings is 1. The molecule has 0 spiro atoms. The van der Waals surface area contributed by atoms with Crippen LogP contribution in [0.2, 0.25) is 0 Å². The molecular formula is C12H18N2OS. The average molecular weight is 238 g/mol. The van der Waals surface area contributed by atoms with Crippen LogP contribution < -0.4 is 11.1 Å². The van der Waals surface area contributed by atoms with Crippen LogP contribution in [0, 0.1) is 0 Å². The molecule has 4 heteroatoms. The van der Waals surface area contributed by atoms with Crippen molar-refractivity contribution in [3.8, 4) is 0 Å². The number of nitrogen functional groups attached to an aromatic ring is 1. The maximum Gasteiger partial charge on any atom is 0.254 e. The molecule has 1 aliphatic rings. The largest absolute Gasteiger partial charge is 0.390 e. The highest BCUT2D eigenvalue weighted by atomic mass is 32.1. The van der Waals surface area contributed by atoms with Gasteiger partial charge < -0.3 is 11.1 Å². The molecule has 16 heavy (non-hydrogen) atoms. The van der Waals surface area contributed by atoms with E-state index in [-0.39, 0.29) is 11.3 Å². The Balaban J connectivity index is 2.50. The maximum atomic E-state index is 12.0. The molecule has 2 rings (SSSR count). The lowest BCUT2D eigenvalue weighted by atomic mass is 9.85. The van der Waals surface area contributed by atoms with Gasteiger partial charge in [-0.3, -0.25) is 4.79 Å². The first-order valence-electron chi connectivity index (χ1n) is 5.67. The van der Waals surface area contributed by atoms with Gasteiger partial charge in [0.15, 0.2) is 0 Å². The van der Waals surface area contributed by atoms with Gasteiger partial charge in [-0.15, -0.1) is 11.3 Å². The lowest BCUT2D eigenvalue weighted by Crippen LogP contribution is -2.26. The van der Waals surface area contributed by atoms with Gasteiger partial charge in [-0.2, -0.15) is 0 Å². The van der Waals surface area contributed by atoms with Gasteiger partial charge in [0.2, 0.25) is 0 Å². The average Bonchev–Trinajstić information content (AvgIpc) is 2.65. The Morgan fingerprint density at radius 2 is 2.25 bits per heavy atom. The van der Waals surface area contributed by atoms with Gasteiger partial charge in [0.1, 0.15) is 0 Å². The molecule has 88 valence electrons. The number of amides is 1. The third kappa shape index (κ3) is 1.61. The molecule has 3 nitrogen and oxygen atoms in total. The van der Waals surface area contributed by atoms with Gasteiger partial charge >= 0.3 is 0 Å². The number of hydrogen-bond donors (Lipinski definition) is 2. The van der Waals surface area contributed by atoms with E-state index in [0.29, 0.717) is 11.5 Å². The van der Waals surface area contributed by atoms with E-state index < -0.39 is 0 Å². The van der Waals surface area contributed by atoms with Crippen LogP contribution in [0.25, 0.3) is 0 Å². The molecule has 0 atom stereocenters. The zero-order valence-electron chi connectivity index (χ0n) is 10.0. The van der Waals surface area contributed by atoms with E-state index in [2.05, 4.69) is 19.2 Å². The van der Waals surface area contributed by atoms with Crippen molar-refractivity contribution in [2.75, 3.05) is 12.3 Å². The first-order valence-corrected chi connectivity index (χ1v) is 6.49. The van der Waals surface area contributed by atoms with Crippen LogP contribution in [-0.2, 0) is 11.8 Å². The van der Waals surface area contributed by atoms with Gasteiger partial charge in [-0.25, -0.2) is 0 Å². The minimum Gasteiger partial charge on any atom is -0.390 e. The molecule has 0 aliphatic heterocycles. The second-order valence-corrected chi connectivity index (χ2v) is 6.02. The van der Waals surface area contributed by atoms with Crippen molar-refractivity contribution in [3.05, 3.63) is 16.0 Å². The van der Waals surface area contributed by atoms with Crippen molar-refractivity contribution in [1.29, 1.82) is 0 Å². The normalized spacial score (nSPS) is 17.2. The van der Waals surface area contributed by atoms with Crippen LogP contribution >= 0.6 is 11.3 Å². The number of aryl methyl sites for hydroxylation is 1. The van der Waals surface area contributed by atoms with Crippen LogP contribution in [0.5, 0.6) is 0 Å². The summed E-state index contributed by atoms with van der Waals surface area (Å²) in [5, 5.41) is 3.51.